The van der Waals surface area contributed by atoms with E-state index in [1.807, 2.05) is 37.3 Å². The van der Waals surface area contributed by atoms with Gasteiger partial charge >= 0.3 is 0 Å². The van der Waals surface area contributed by atoms with Gasteiger partial charge < -0.3 is 10.6 Å². The molecule has 0 fully saturated rings. The molecule has 0 aliphatic carbocycles. The largest absolute Gasteiger partial charge is 0.337 e. The molecule has 1 amide bonds. The summed E-state index contributed by atoms with van der Waals surface area (Å²) in [7, 11) is -3.10. The molecule has 2 N–H and O–H groups in total. The number of benzene rings is 1. The molecule has 0 radical (unpaired) electrons. The lowest BCUT2D eigenvalue weighted by molar-refractivity contribution is -0.133. The number of hydrogen-bond acceptors (Lipinski definition) is 4. The first kappa shape index (κ1) is 17.7. The maximum Gasteiger partial charge on any atom is 0.239 e. The van der Waals surface area contributed by atoms with Crippen LogP contribution in [0.15, 0.2) is 30.3 Å². The second kappa shape index (κ2) is 8.14. The van der Waals surface area contributed by atoms with Crippen LogP contribution in [0.4, 0.5) is 0 Å². The number of nitrogens with two attached hydrogens (primary N) is 1. The summed E-state index contributed by atoms with van der Waals surface area (Å²) < 4.78 is 22.3. The number of rotatable bonds is 8. The van der Waals surface area contributed by atoms with Gasteiger partial charge in [-0.05, 0) is 18.4 Å². The van der Waals surface area contributed by atoms with Crippen LogP contribution in [-0.2, 0) is 21.2 Å². The van der Waals surface area contributed by atoms with Crippen LogP contribution in [0.1, 0.15) is 25.3 Å². The monoisotopic (exact) mass is 312 g/mol. The van der Waals surface area contributed by atoms with Crippen molar-refractivity contribution < 1.29 is 13.2 Å². The van der Waals surface area contributed by atoms with Crippen LogP contribution in [0.2, 0.25) is 0 Å². The Morgan fingerprint density at radius 3 is 2.43 bits per heavy atom. The molecule has 6 heteroatoms. The van der Waals surface area contributed by atoms with Gasteiger partial charge in [0.2, 0.25) is 5.91 Å². The van der Waals surface area contributed by atoms with Gasteiger partial charge in [0.1, 0.15) is 9.84 Å². The van der Waals surface area contributed by atoms with Crippen molar-refractivity contribution in [1.29, 1.82) is 0 Å². The SMILES string of the molecule is CCCN(Cc1ccccc1)C(=O)C(N)CCS(C)(=O)=O. The van der Waals surface area contributed by atoms with Gasteiger partial charge in [0.05, 0.1) is 11.8 Å². The number of hydrogen-bond donors (Lipinski definition) is 1. The van der Waals surface area contributed by atoms with Crippen LogP contribution in [0.5, 0.6) is 0 Å². The Hall–Kier alpha value is -1.40. The maximum absolute atomic E-state index is 12.4. The fraction of sp³-hybridized carbons (Fsp3) is 0.533. The van der Waals surface area contributed by atoms with Gasteiger partial charge in [-0.25, -0.2) is 8.42 Å². The molecule has 1 rings (SSSR count). The van der Waals surface area contributed by atoms with Crippen LogP contribution < -0.4 is 5.73 Å². The van der Waals surface area contributed by atoms with Gasteiger partial charge in [-0.3, -0.25) is 4.79 Å². The normalized spacial score (nSPS) is 12.9. The van der Waals surface area contributed by atoms with Crippen molar-refractivity contribution in [2.75, 3.05) is 18.6 Å². The summed E-state index contributed by atoms with van der Waals surface area (Å²) in [5.41, 5.74) is 6.89. The van der Waals surface area contributed by atoms with Crippen LogP contribution in [-0.4, -0.2) is 43.8 Å². The zero-order chi connectivity index (χ0) is 15.9. The van der Waals surface area contributed by atoms with Crippen molar-refractivity contribution >= 4 is 15.7 Å². The summed E-state index contributed by atoms with van der Waals surface area (Å²) in [4.78, 5) is 14.1. The lowest BCUT2D eigenvalue weighted by Gasteiger charge is -2.25. The van der Waals surface area contributed by atoms with Crippen LogP contribution in [0.25, 0.3) is 0 Å². The molecule has 1 atom stereocenters. The van der Waals surface area contributed by atoms with E-state index in [0.717, 1.165) is 18.2 Å². The van der Waals surface area contributed by atoms with E-state index in [1.165, 1.54) is 0 Å². The number of carbonyl (C=O) groups excluding carboxylic acids is 1. The minimum atomic E-state index is -3.10. The third kappa shape index (κ3) is 6.73. The molecule has 0 aliphatic heterocycles. The van der Waals surface area contributed by atoms with Gasteiger partial charge in [0.15, 0.2) is 0 Å². The molecule has 0 saturated heterocycles. The third-order valence-electron chi connectivity index (χ3n) is 3.14. The molecule has 0 bridgehead atoms. The van der Waals surface area contributed by atoms with Gasteiger partial charge in [-0.2, -0.15) is 0 Å². The fourth-order valence-electron chi connectivity index (χ4n) is 2.04. The topological polar surface area (TPSA) is 80.5 Å². The first-order valence-corrected chi connectivity index (χ1v) is 9.15. The van der Waals surface area contributed by atoms with Crippen LogP contribution >= 0.6 is 0 Å². The molecule has 21 heavy (non-hydrogen) atoms. The smallest absolute Gasteiger partial charge is 0.239 e. The lowest BCUT2D eigenvalue weighted by Crippen LogP contribution is -2.44. The predicted molar refractivity (Wildman–Crippen MR) is 84.5 cm³/mol. The first-order valence-electron chi connectivity index (χ1n) is 7.09. The summed E-state index contributed by atoms with van der Waals surface area (Å²) in [6, 6.07) is 8.92. The Morgan fingerprint density at radius 2 is 1.90 bits per heavy atom. The van der Waals surface area contributed by atoms with E-state index in [0.29, 0.717) is 13.1 Å². The van der Waals surface area contributed by atoms with Gasteiger partial charge in [0, 0.05) is 19.3 Å². The van der Waals surface area contributed by atoms with E-state index in [1.54, 1.807) is 4.90 Å². The van der Waals surface area contributed by atoms with E-state index in [9.17, 15) is 13.2 Å². The number of carbonyl (C=O) groups is 1. The number of nitrogens with zero attached hydrogens (tertiary/aromatic N) is 1. The van der Waals surface area contributed by atoms with Crippen molar-refractivity contribution in [1.82, 2.24) is 4.90 Å². The molecule has 0 heterocycles. The zero-order valence-corrected chi connectivity index (χ0v) is 13.5. The van der Waals surface area contributed by atoms with E-state index in [2.05, 4.69) is 0 Å². The highest BCUT2D eigenvalue weighted by Crippen LogP contribution is 2.08. The second-order valence-corrected chi connectivity index (χ2v) is 7.53. The summed E-state index contributed by atoms with van der Waals surface area (Å²) in [5.74, 6) is -0.255. The Balaban J connectivity index is 2.68. The standard InChI is InChI=1S/C15H24N2O3S/c1-3-10-17(12-13-7-5-4-6-8-13)15(18)14(16)9-11-21(2,19)20/h4-8,14H,3,9-12,16H2,1-2H3. The summed E-state index contributed by atoms with van der Waals surface area (Å²) in [6.45, 7) is 3.10. The van der Waals surface area contributed by atoms with Crippen LogP contribution in [0, 0.1) is 0 Å². The Morgan fingerprint density at radius 1 is 1.29 bits per heavy atom. The first-order chi connectivity index (χ1) is 9.83. The van der Waals surface area contributed by atoms with Crippen molar-refractivity contribution in [3.63, 3.8) is 0 Å². The minimum Gasteiger partial charge on any atom is -0.337 e. The third-order valence-corrected chi connectivity index (χ3v) is 4.12. The maximum atomic E-state index is 12.4. The molecular formula is C15H24N2O3S. The highest BCUT2D eigenvalue weighted by atomic mass is 32.2. The molecule has 0 saturated carbocycles. The van der Waals surface area contributed by atoms with Gasteiger partial charge in [-0.1, -0.05) is 37.3 Å². The molecule has 0 aromatic heterocycles. The molecule has 5 nitrogen and oxygen atoms in total. The molecule has 118 valence electrons. The van der Waals surface area contributed by atoms with E-state index >= 15 is 0 Å². The average Bonchev–Trinajstić information content (AvgIpc) is 2.44. The molecule has 0 spiro atoms. The quantitative estimate of drug-likeness (QED) is 0.782. The Labute approximate surface area is 127 Å². The summed E-state index contributed by atoms with van der Waals surface area (Å²) in [5, 5.41) is 0. The molecular weight excluding hydrogens is 288 g/mol. The highest BCUT2D eigenvalue weighted by Gasteiger charge is 2.21. The van der Waals surface area contributed by atoms with Crippen molar-refractivity contribution in [2.24, 2.45) is 5.73 Å². The van der Waals surface area contributed by atoms with E-state index < -0.39 is 15.9 Å². The second-order valence-electron chi connectivity index (χ2n) is 5.27. The lowest BCUT2D eigenvalue weighted by atomic mass is 10.1. The number of sulfone groups is 1. The predicted octanol–water partition coefficient (Wildman–Crippen LogP) is 1.19. The molecule has 1 aromatic carbocycles. The summed E-state index contributed by atoms with van der Waals surface area (Å²) in [6.07, 6.45) is 2.14. The van der Waals surface area contributed by atoms with Crippen molar-refractivity contribution in [3.8, 4) is 0 Å². The van der Waals surface area contributed by atoms with Crippen LogP contribution in [0.3, 0.4) is 0 Å². The fourth-order valence-corrected chi connectivity index (χ4v) is 2.72. The van der Waals surface area contributed by atoms with E-state index in [4.69, 9.17) is 5.73 Å². The number of amides is 1. The van der Waals surface area contributed by atoms with Gasteiger partial charge in [0.25, 0.3) is 0 Å². The average molecular weight is 312 g/mol. The van der Waals surface area contributed by atoms with Crippen molar-refractivity contribution in [2.45, 2.75) is 32.4 Å². The van der Waals surface area contributed by atoms with Gasteiger partial charge in [-0.15, -0.1) is 0 Å². The van der Waals surface area contributed by atoms with E-state index in [-0.39, 0.29) is 18.1 Å². The Kier molecular flexibility index (Phi) is 6.84. The minimum absolute atomic E-state index is 0.0643. The van der Waals surface area contributed by atoms with Crippen molar-refractivity contribution in [3.05, 3.63) is 35.9 Å². The zero-order valence-electron chi connectivity index (χ0n) is 12.7. The molecule has 1 unspecified atom stereocenters. The summed E-state index contributed by atoms with van der Waals surface area (Å²) >= 11 is 0. The highest BCUT2D eigenvalue weighted by molar-refractivity contribution is 7.90. The Bertz CT molecular complexity index is 543. The molecule has 0 aliphatic rings. The molecule has 1 aromatic rings.